The van der Waals surface area contributed by atoms with Crippen molar-refractivity contribution in [2.75, 3.05) is 13.7 Å². The van der Waals surface area contributed by atoms with Gasteiger partial charge < -0.3 is 10.1 Å². The first-order valence-corrected chi connectivity index (χ1v) is 5.76. The maximum absolute atomic E-state index is 12.1. The van der Waals surface area contributed by atoms with Crippen molar-refractivity contribution in [3.05, 3.63) is 42.0 Å². The Hall–Kier alpha value is -1.68. The largest absolute Gasteiger partial charge is 0.496 e. The summed E-state index contributed by atoms with van der Waals surface area (Å²) in [6.07, 6.45) is -2.34. The van der Waals surface area contributed by atoms with Gasteiger partial charge in [0.1, 0.15) is 5.75 Å². The molecular formula is C14H15F2NO. The van der Waals surface area contributed by atoms with Gasteiger partial charge in [-0.15, -0.1) is 0 Å². The van der Waals surface area contributed by atoms with E-state index >= 15 is 0 Å². The summed E-state index contributed by atoms with van der Waals surface area (Å²) in [6.45, 7) is 0.0568. The molecule has 0 amide bonds. The summed E-state index contributed by atoms with van der Waals surface area (Å²) >= 11 is 0. The molecule has 0 aromatic heterocycles. The zero-order valence-electron chi connectivity index (χ0n) is 10.1. The van der Waals surface area contributed by atoms with Crippen LogP contribution in [-0.4, -0.2) is 20.1 Å². The molecule has 4 heteroatoms. The summed E-state index contributed by atoms with van der Waals surface area (Å²) in [5, 5.41) is 4.84. The van der Waals surface area contributed by atoms with Gasteiger partial charge in [-0.25, -0.2) is 8.78 Å². The van der Waals surface area contributed by atoms with Gasteiger partial charge >= 0.3 is 0 Å². The third kappa shape index (κ3) is 2.76. The smallest absolute Gasteiger partial charge is 0.250 e. The molecule has 2 rings (SSSR count). The molecule has 0 bridgehead atoms. The lowest BCUT2D eigenvalue weighted by atomic mass is 10.0. The van der Waals surface area contributed by atoms with E-state index in [9.17, 15) is 8.78 Å². The number of alkyl halides is 2. The number of hydrogen-bond donors (Lipinski definition) is 1. The van der Waals surface area contributed by atoms with Crippen LogP contribution in [0.25, 0.3) is 10.8 Å². The minimum atomic E-state index is -2.34. The molecule has 1 N–H and O–H groups in total. The van der Waals surface area contributed by atoms with Gasteiger partial charge in [0, 0.05) is 12.1 Å². The van der Waals surface area contributed by atoms with Crippen LogP contribution in [0.2, 0.25) is 0 Å². The zero-order valence-corrected chi connectivity index (χ0v) is 10.1. The molecule has 0 saturated heterocycles. The second-order valence-electron chi connectivity index (χ2n) is 3.99. The van der Waals surface area contributed by atoms with Crippen LogP contribution in [0.15, 0.2) is 36.4 Å². The fourth-order valence-corrected chi connectivity index (χ4v) is 2.00. The van der Waals surface area contributed by atoms with Gasteiger partial charge in [0.15, 0.2) is 0 Å². The molecule has 0 aliphatic heterocycles. The van der Waals surface area contributed by atoms with Gasteiger partial charge in [0.2, 0.25) is 0 Å². The third-order valence-corrected chi connectivity index (χ3v) is 2.82. The number of rotatable bonds is 5. The lowest BCUT2D eigenvalue weighted by Gasteiger charge is -2.12. The van der Waals surface area contributed by atoms with E-state index in [0.29, 0.717) is 6.54 Å². The fourth-order valence-electron chi connectivity index (χ4n) is 2.00. The molecule has 2 aromatic carbocycles. The van der Waals surface area contributed by atoms with Gasteiger partial charge in [-0.2, -0.15) is 0 Å². The minimum absolute atomic E-state index is 0.313. The quantitative estimate of drug-likeness (QED) is 0.881. The van der Waals surface area contributed by atoms with Crippen molar-refractivity contribution in [2.45, 2.75) is 13.0 Å². The summed E-state index contributed by atoms with van der Waals surface area (Å²) in [7, 11) is 1.58. The Bertz CT molecular complexity index is 528. The molecule has 0 heterocycles. The average Bonchev–Trinajstić information content (AvgIpc) is 2.38. The van der Waals surface area contributed by atoms with Crippen LogP contribution in [0.5, 0.6) is 5.75 Å². The lowest BCUT2D eigenvalue weighted by Crippen LogP contribution is -2.21. The highest BCUT2D eigenvalue weighted by molar-refractivity contribution is 5.87. The number of methoxy groups -OCH3 is 1. The molecule has 2 nitrogen and oxygen atoms in total. The normalized spacial score (nSPS) is 11.1. The van der Waals surface area contributed by atoms with Crippen LogP contribution in [0.4, 0.5) is 8.78 Å². The lowest BCUT2D eigenvalue weighted by molar-refractivity contribution is 0.145. The van der Waals surface area contributed by atoms with E-state index < -0.39 is 6.43 Å². The van der Waals surface area contributed by atoms with Crippen LogP contribution >= 0.6 is 0 Å². The summed E-state index contributed by atoms with van der Waals surface area (Å²) in [5.74, 6) is 0.718. The molecule has 0 fully saturated rings. The number of nitrogens with one attached hydrogen (secondary N) is 1. The van der Waals surface area contributed by atoms with Crippen LogP contribution in [-0.2, 0) is 6.54 Å². The molecule has 18 heavy (non-hydrogen) atoms. The Kier molecular flexibility index (Phi) is 4.10. The van der Waals surface area contributed by atoms with Crippen LogP contribution in [0, 0.1) is 0 Å². The minimum Gasteiger partial charge on any atom is -0.496 e. The molecule has 0 unspecified atom stereocenters. The van der Waals surface area contributed by atoms with E-state index in [1.807, 2.05) is 36.4 Å². The van der Waals surface area contributed by atoms with Crippen molar-refractivity contribution < 1.29 is 13.5 Å². The first kappa shape index (κ1) is 12.8. The first-order chi connectivity index (χ1) is 8.72. The summed E-state index contributed by atoms with van der Waals surface area (Å²) in [6, 6.07) is 11.7. The Morgan fingerprint density at radius 2 is 1.94 bits per heavy atom. The summed E-state index contributed by atoms with van der Waals surface area (Å²) in [4.78, 5) is 0. The van der Waals surface area contributed by atoms with Crippen molar-refractivity contribution in [3.8, 4) is 5.75 Å². The van der Waals surface area contributed by atoms with Gasteiger partial charge in [0.25, 0.3) is 6.43 Å². The highest BCUT2D eigenvalue weighted by Gasteiger charge is 2.09. The van der Waals surface area contributed by atoms with Crippen molar-refractivity contribution in [3.63, 3.8) is 0 Å². The van der Waals surface area contributed by atoms with Gasteiger partial charge in [-0.05, 0) is 16.8 Å². The number of benzene rings is 2. The molecule has 96 valence electrons. The van der Waals surface area contributed by atoms with E-state index in [-0.39, 0.29) is 6.54 Å². The van der Waals surface area contributed by atoms with Crippen LogP contribution < -0.4 is 10.1 Å². The second-order valence-corrected chi connectivity index (χ2v) is 3.99. The van der Waals surface area contributed by atoms with Crippen LogP contribution in [0.1, 0.15) is 5.56 Å². The van der Waals surface area contributed by atoms with E-state index in [2.05, 4.69) is 5.32 Å². The Balaban J connectivity index is 2.32. The van der Waals surface area contributed by atoms with Gasteiger partial charge in [0.05, 0.1) is 13.7 Å². The fraction of sp³-hybridized carbons (Fsp3) is 0.286. The van der Waals surface area contributed by atoms with Gasteiger partial charge in [-0.3, -0.25) is 0 Å². The SMILES string of the molecule is COc1ccc2ccccc2c1CNCC(F)F. The number of fused-ring (bicyclic) bond motifs is 1. The predicted molar refractivity (Wildman–Crippen MR) is 68.2 cm³/mol. The van der Waals surface area contributed by atoms with E-state index in [1.165, 1.54) is 0 Å². The molecule has 0 aliphatic carbocycles. The Morgan fingerprint density at radius 3 is 2.67 bits per heavy atom. The van der Waals surface area contributed by atoms with Gasteiger partial charge in [-0.1, -0.05) is 30.3 Å². The molecule has 0 radical (unpaired) electrons. The molecule has 0 spiro atoms. The number of halogens is 2. The second kappa shape index (κ2) is 5.78. The molecule has 0 saturated carbocycles. The molecule has 0 atom stereocenters. The van der Waals surface area contributed by atoms with Crippen LogP contribution in [0.3, 0.4) is 0 Å². The van der Waals surface area contributed by atoms with E-state index in [1.54, 1.807) is 7.11 Å². The zero-order chi connectivity index (χ0) is 13.0. The Labute approximate surface area is 105 Å². The maximum Gasteiger partial charge on any atom is 0.250 e. The molecule has 2 aromatic rings. The number of hydrogen-bond acceptors (Lipinski definition) is 2. The van der Waals surface area contributed by atoms with Crippen molar-refractivity contribution >= 4 is 10.8 Å². The Morgan fingerprint density at radius 1 is 1.17 bits per heavy atom. The van der Waals surface area contributed by atoms with E-state index in [4.69, 9.17) is 4.74 Å². The highest BCUT2D eigenvalue weighted by atomic mass is 19.3. The number of ether oxygens (including phenoxy) is 1. The van der Waals surface area contributed by atoms with Crippen molar-refractivity contribution in [1.29, 1.82) is 0 Å². The van der Waals surface area contributed by atoms with Crippen molar-refractivity contribution in [2.24, 2.45) is 0 Å². The average molecular weight is 251 g/mol. The summed E-state index contributed by atoms with van der Waals surface area (Å²) < 4.78 is 29.6. The highest BCUT2D eigenvalue weighted by Crippen LogP contribution is 2.27. The predicted octanol–water partition coefficient (Wildman–Crippen LogP) is 3.20. The molecular weight excluding hydrogens is 236 g/mol. The first-order valence-electron chi connectivity index (χ1n) is 5.76. The monoisotopic (exact) mass is 251 g/mol. The standard InChI is InChI=1S/C14H15F2NO/c1-18-13-7-6-10-4-2-3-5-11(10)12(13)8-17-9-14(15)16/h2-7,14,17H,8-9H2,1H3. The maximum atomic E-state index is 12.1. The topological polar surface area (TPSA) is 21.3 Å². The van der Waals surface area contributed by atoms with E-state index in [0.717, 1.165) is 22.1 Å². The third-order valence-electron chi connectivity index (χ3n) is 2.82. The molecule has 0 aliphatic rings. The van der Waals surface area contributed by atoms with Crippen molar-refractivity contribution in [1.82, 2.24) is 5.32 Å². The summed E-state index contributed by atoms with van der Waals surface area (Å²) in [5.41, 5.74) is 0.913.